The van der Waals surface area contributed by atoms with Crippen molar-refractivity contribution in [2.75, 3.05) is 0 Å². The number of rotatable bonds is 5. The zero-order valence-corrected chi connectivity index (χ0v) is 12.4. The lowest BCUT2D eigenvalue weighted by atomic mass is 10.1. The molecule has 2 aromatic carbocycles. The molecule has 0 spiro atoms. The molecule has 2 amide bonds. The highest BCUT2D eigenvalue weighted by Gasteiger charge is 2.17. The normalized spacial score (nSPS) is 11.6. The van der Waals surface area contributed by atoms with Crippen molar-refractivity contribution in [3.63, 3.8) is 0 Å². The smallest absolute Gasteiger partial charge is 0.414 e. The van der Waals surface area contributed by atoms with Crippen molar-refractivity contribution in [1.29, 1.82) is 0 Å². The Bertz CT molecular complexity index is 659. The van der Waals surface area contributed by atoms with Crippen molar-refractivity contribution in [3.05, 3.63) is 71.5 Å². The number of nitrogens with one attached hydrogen (secondary N) is 1. The van der Waals surface area contributed by atoms with Gasteiger partial charge in [0.25, 0.3) is 0 Å². The average molecular weight is 316 g/mol. The minimum Gasteiger partial charge on any atom is -0.444 e. The Labute approximate surface area is 133 Å². The lowest BCUT2D eigenvalue weighted by molar-refractivity contribution is -0.121. The van der Waals surface area contributed by atoms with Crippen LogP contribution in [0.5, 0.6) is 0 Å². The Morgan fingerprint density at radius 1 is 1.04 bits per heavy atom. The minimum atomic E-state index is -0.926. The highest BCUT2D eigenvalue weighted by atomic mass is 19.1. The first-order chi connectivity index (χ1) is 11.0. The van der Waals surface area contributed by atoms with Gasteiger partial charge in [0.15, 0.2) is 0 Å². The number of nitrogens with two attached hydrogens (primary N) is 1. The van der Waals surface area contributed by atoms with E-state index in [-0.39, 0.29) is 18.8 Å². The van der Waals surface area contributed by atoms with Crippen molar-refractivity contribution >= 4 is 12.0 Å². The Morgan fingerprint density at radius 2 is 1.70 bits per heavy atom. The first kappa shape index (κ1) is 16.6. The molecule has 120 valence electrons. The lowest BCUT2D eigenvalue weighted by Crippen LogP contribution is -2.44. The summed E-state index contributed by atoms with van der Waals surface area (Å²) in [6.45, 7) is 0.0627. The van der Waals surface area contributed by atoms with Crippen LogP contribution >= 0.6 is 0 Å². The lowest BCUT2D eigenvalue weighted by Gasteiger charge is -2.12. The van der Waals surface area contributed by atoms with Crippen LogP contribution in [-0.4, -0.2) is 18.0 Å². The van der Waals surface area contributed by atoms with Crippen LogP contribution in [0.1, 0.15) is 11.1 Å². The molecular weight excluding hydrogens is 299 g/mol. The van der Waals surface area contributed by atoms with Crippen LogP contribution in [0.25, 0.3) is 0 Å². The Balaban J connectivity index is 1.78. The quantitative estimate of drug-likeness (QED) is 0.885. The van der Waals surface area contributed by atoms with Gasteiger partial charge in [0.1, 0.15) is 12.4 Å². The van der Waals surface area contributed by atoms with Crippen molar-refractivity contribution in [2.45, 2.75) is 19.1 Å². The molecule has 0 saturated carbocycles. The van der Waals surface area contributed by atoms with Gasteiger partial charge in [-0.05, 0) is 29.7 Å². The Kier molecular flexibility index (Phi) is 5.82. The van der Waals surface area contributed by atoms with Gasteiger partial charge >= 0.3 is 6.09 Å². The van der Waals surface area contributed by atoms with Gasteiger partial charge in [-0.25, -0.2) is 9.18 Å². The molecule has 0 unspecified atom stereocenters. The maximum Gasteiger partial charge on any atom is 0.414 e. The highest BCUT2D eigenvalue weighted by molar-refractivity contribution is 5.94. The van der Waals surface area contributed by atoms with Crippen LogP contribution in [0.4, 0.5) is 9.18 Å². The van der Waals surface area contributed by atoms with E-state index >= 15 is 0 Å². The maximum absolute atomic E-state index is 12.8. The van der Waals surface area contributed by atoms with E-state index in [1.165, 1.54) is 24.3 Å². The van der Waals surface area contributed by atoms with E-state index in [4.69, 9.17) is 10.5 Å². The van der Waals surface area contributed by atoms with Gasteiger partial charge < -0.3 is 10.5 Å². The van der Waals surface area contributed by atoms with Crippen LogP contribution in [0.3, 0.4) is 0 Å². The molecule has 0 aliphatic rings. The van der Waals surface area contributed by atoms with Gasteiger partial charge in [0.05, 0.1) is 6.04 Å². The third-order valence-electron chi connectivity index (χ3n) is 3.14. The molecular formula is C17H17FN2O3. The first-order valence-electron chi connectivity index (χ1n) is 7.06. The Morgan fingerprint density at radius 3 is 2.35 bits per heavy atom. The van der Waals surface area contributed by atoms with Crippen LogP contribution in [0.15, 0.2) is 54.6 Å². The summed E-state index contributed by atoms with van der Waals surface area (Å²) in [7, 11) is 0. The van der Waals surface area contributed by atoms with Crippen molar-refractivity contribution in [3.8, 4) is 0 Å². The Hall–Kier alpha value is -2.73. The first-order valence-corrected chi connectivity index (χ1v) is 7.06. The zero-order valence-electron chi connectivity index (χ0n) is 12.4. The number of carbonyl (C=O) groups is 2. The van der Waals surface area contributed by atoms with Gasteiger partial charge in [-0.2, -0.15) is 0 Å². The monoisotopic (exact) mass is 316 g/mol. The molecule has 5 nitrogen and oxygen atoms in total. The van der Waals surface area contributed by atoms with Gasteiger partial charge in [-0.3, -0.25) is 10.1 Å². The maximum atomic E-state index is 12.8. The summed E-state index contributed by atoms with van der Waals surface area (Å²) < 4.78 is 17.7. The molecule has 0 aliphatic carbocycles. The van der Waals surface area contributed by atoms with Gasteiger partial charge in [-0.15, -0.1) is 0 Å². The molecule has 6 heteroatoms. The summed E-state index contributed by atoms with van der Waals surface area (Å²) in [6.07, 6.45) is -0.661. The second kappa shape index (κ2) is 8.05. The second-order valence-electron chi connectivity index (χ2n) is 4.99. The number of amides is 2. The second-order valence-corrected chi connectivity index (χ2v) is 4.99. The predicted molar refractivity (Wildman–Crippen MR) is 82.8 cm³/mol. The van der Waals surface area contributed by atoms with E-state index in [0.29, 0.717) is 5.56 Å². The molecule has 0 fully saturated rings. The van der Waals surface area contributed by atoms with Gasteiger partial charge in [0, 0.05) is 0 Å². The van der Waals surface area contributed by atoms with E-state index in [1.807, 2.05) is 18.2 Å². The van der Waals surface area contributed by atoms with Crippen molar-refractivity contribution in [2.24, 2.45) is 5.73 Å². The molecule has 2 rings (SSSR count). The van der Waals surface area contributed by atoms with Crippen molar-refractivity contribution < 1.29 is 18.7 Å². The fourth-order valence-electron chi connectivity index (χ4n) is 1.92. The summed E-state index contributed by atoms with van der Waals surface area (Å²) in [5.41, 5.74) is 7.24. The van der Waals surface area contributed by atoms with Crippen molar-refractivity contribution in [1.82, 2.24) is 5.32 Å². The van der Waals surface area contributed by atoms with E-state index < -0.39 is 18.0 Å². The van der Waals surface area contributed by atoms with Gasteiger partial charge in [0.2, 0.25) is 5.91 Å². The molecule has 0 radical (unpaired) electrons. The summed E-state index contributed by atoms with van der Waals surface area (Å²) >= 11 is 0. The number of ether oxygens (including phenoxy) is 1. The molecule has 0 heterocycles. The molecule has 3 N–H and O–H groups in total. The molecule has 0 aliphatic heterocycles. The molecule has 0 saturated heterocycles. The number of halogens is 1. The van der Waals surface area contributed by atoms with Crippen LogP contribution < -0.4 is 11.1 Å². The average Bonchev–Trinajstić information content (AvgIpc) is 2.56. The number of alkyl carbamates (subject to hydrolysis) is 1. The van der Waals surface area contributed by atoms with Gasteiger partial charge in [-0.1, -0.05) is 42.5 Å². The number of imide groups is 1. The van der Waals surface area contributed by atoms with E-state index in [2.05, 4.69) is 5.32 Å². The fourth-order valence-corrected chi connectivity index (χ4v) is 1.92. The molecule has 23 heavy (non-hydrogen) atoms. The molecule has 1 atom stereocenters. The summed E-state index contributed by atoms with van der Waals surface area (Å²) in [6, 6.07) is 13.8. The standard InChI is InChI=1S/C17H17FN2O3/c18-14-8-6-12(7-9-14)10-15(19)16(21)20-17(22)23-11-13-4-2-1-3-5-13/h1-9,15H,10-11,19H2,(H,20,21,22)/t15-/m0/s1. The largest absolute Gasteiger partial charge is 0.444 e. The summed E-state index contributed by atoms with van der Waals surface area (Å²) in [4.78, 5) is 23.4. The third kappa shape index (κ3) is 5.52. The predicted octanol–water partition coefficient (Wildman–Crippen LogP) is 2.15. The fraction of sp³-hybridized carbons (Fsp3) is 0.176. The van der Waals surface area contributed by atoms with E-state index in [1.54, 1.807) is 12.1 Å². The third-order valence-corrected chi connectivity index (χ3v) is 3.14. The van der Waals surface area contributed by atoms with Crippen LogP contribution in [0.2, 0.25) is 0 Å². The number of benzene rings is 2. The molecule has 0 aromatic heterocycles. The minimum absolute atomic E-state index is 0.0627. The number of carbonyl (C=O) groups excluding carboxylic acids is 2. The van der Waals surface area contributed by atoms with E-state index in [0.717, 1.165) is 5.56 Å². The van der Waals surface area contributed by atoms with Crippen LogP contribution in [0, 0.1) is 5.82 Å². The molecule has 0 bridgehead atoms. The highest BCUT2D eigenvalue weighted by Crippen LogP contribution is 2.05. The van der Waals surface area contributed by atoms with E-state index in [9.17, 15) is 14.0 Å². The topological polar surface area (TPSA) is 81.4 Å². The zero-order chi connectivity index (χ0) is 16.7. The molecule has 2 aromatic rings. The summed E-state index contributed by atoms with van der Waals surface area (Å²) in [5, 5.41) is 2.08. The summed E-state index contributed by atoms with van der Waals surface area (Å²) in [5.74, 6) is -1.01. The van der Waals surface area contributed by atoms with Crippen LogP contribution in [-0.2, 0) is 22.6 Å². The SMILES string of the molecule is N[C@@H](Cc1ccc(F)cc1)C(=O)NC(=O)OCc1ccccc1. The number of hydrogen-bond acceptors (Lipinski definition) is 4. The number of hydrogen-bond donors (Lipinski definition) is 2.